The molecular formula is C16H29NO. The smallest absolute Gasteiger partial charge is 0.183 e. The molecule has 0 spiro atoms. The fraction of sp³-hybridized carbons (Fsp3) is 0.438. The monoisotopic (exact) mass is 251 g/mol. The lowest BCUT2D eigenvalue weighted by Crippen LogP contribution is -1.95. The van der Waals surface area contributed by atoms with Gasteiger partial charge in [0.2, 0.25) is 0 Å². The molecule has 0 atom stereocenters. The minimum absolute atomic E-state index is 0.756. The van der Waals surface area contributed by atoms with Crippen molar-refractivity contribution >= 4 is 6.21 Å². The molecule has 2 nitrogen and oxygen atoms in total. The summed E-state index contributed by atoms with van der Waals surface area (Å²) < 4.78 is 0.756. The highest BCUT2D eigenvalue weighted by atomic mass is 16.5. The van der Waals surface area contributed by atoms with Gasteiger partial charge >= 0.3 is 0 Å². The lowest BCUT2D eigenvalue weighted by molar-refractivity contribution is -0.372. The van der Waals surface area contributed by atoms with Crippen molar-refractivity contribution in [1.29, 1.82) is 0 Å². The molecule has 0 fully saturated rings. The Balaban J connectivity index is -0.000000328. The SMILES string of the molecule is C=C/C=[N+](/[O-])C=C1C=CC=CC1.CC.CC.CC. The summed E-state index contributed by atoms with van der Waals surface area (Å²) in [7, 11) is 0. The fourth-order valence-electron chi connectivity index (χ4n) is 0.936. The zero-order valence-corrected chi connectivity index (χ0v) is 12.8. The minimum Gasteiger partial charge on any atom is -0.619 e. The Bertz CT molecular complexity index is 283. The molecule has 0 aromatic carbocycles. The summed E-state index contributed by atoms with van der Waals surface area (Å²) in [4.78, 5) is 0. The van der Waals surface area contributed by atoms with Crippen LogP contribution in [0.15, 0.2) is 48.7 Å². The molecular weight excluding hydrogens is 222 g/mol. The number of nitrogens with zero attached hydrogens (tertiary/aromatic N) is 1. The average Bonchev–Trinajstić information content (AvgIpc) is 2.47. The number of rotatable bonds is 2. The largest absolute Gasteiger partial charge is 0.619 e. The van der Waals surface area contributed by atoms with E-state index in [-0.39, 0.29) is 0 Å². The van der Waals surface area contributed by atoms with Crippen LogP contribution in [0.3, 0.4) is 0 Å². The second-order valence-electron chi connectivity index (χ2n) is 2.44. The number of hydrogen-bond donors (Lipinski definition) is 0. The van der Waals surface area contributed by atoms with Crippen molar-refractivity contribution in [1.82, 2.24) is 0 Å². The number of allylic oxidation sites excluding steroid dienone is 6. The highest BCUT2D eigenvalue weighted by Gasteiger charge is 1.95. The molecule has 0 bridgehead atoms. The van der Waals surface area contributed by atoms with Gasteiger partial charge in [0.1, 0.15) is 0 Å². The third-order valence-electron chi connectivity index (χ3n) is 1.46. The Morgan fingerprint density at radius 2 is 1.67 bits per heavy atom. The lowest BCUT2D eigenvalue weighted by Gasteiger charge is -2.00. The van der Waals surface area contributed by atoms with E-state index in [1.807, 2.05) is 65.8 Å². The molecule has 18 heavy (non-hydrogen) atoms. The molecule has 104 valence electrons. The van der Waals surface area contributed by atoms with Crippen LogP contribution in [0.4, 0.5) is 0 Å². The molecule has 0 unspecified atom stereocenters. The van der Waals surface area contributed by atoms with Crippen molar-refractivity contribution in [2.75, 3.05) is 0 Å². The lowest BCUT2D eigenvalue weighted by atomic mass is 10.1. The molecule has 0 radical (unpaired) electrons. The van der Waals surface area contributed by atoms with E-state index < -0.39 is 0 Å². The maximum atomic E-state index is 11.0. The van der Waals surface area contributed by atoms with Gasteiger partial charge in [-0.15, -0.1) is 0 Å². The maximum absolute atomic E-state index is 11.0. The Morgan fingerprint density at radius 1 is 1.11 bits per heavy atom. The molecule has 0 N–H and O–H groups in total. The van der Waals surface area contributed by atoms with Gasteiger partial charge in [-0.2, -0.15) is 4.74 Å². The molecule has 1 aliphatic carbocycles. The van der Waals surface area contributed by atoms with E-state index in [1.54, 1.807) is 6.20 Å². The van der Waals surface area contributed by atoms with Crippen molar-refractivity contribution in [2.24, 2.45) is 0 Å². The van der Waals surface area contributed by atoms with Gasteiger partial charge in [-0.25, -0.2) is 0 Å². The van der Waals surface area contributed by atoms with Crippen LogP contribution in [-0.4, -0.2) is 11.0 Å². The van der Waals surface area contributed by atoms with E-state index in [0.29, 0.717) is 0 Å². The molecule has 0 saturated heterocycles. The zero-order chi connectivity index (χ0) is 14.8. The van der Waals surface area contributed by atoms with Gasteiger partial charge in [0.25, 0.3) is 0 Å². The normalized spacial score (nSPS) is 14.3. The molecule has 1 rings (SSSR count). The third kappa shape index (κ3) is 14.4. The van der Waals surface area contributed by atoms with Gasteiger partial charge in [-0.05, 0) is 12.5 Å². The van der Waals surface area contributed by atoms with E-state index in [1.165, 1.54) is 12.3 Å². The van der Waals surface area contributed by atoms with Crippen molar-refractivity contribution in [2.45, 2.75) is 48.0 Å². The molecule has 0 aromatic rings. The number of hydrogen-bond acceptors (Lipinski definition) is 1. The Hall–Kier alpha value is -1.57. The topological polar surface area (TPSA) is 26.1 Å². The van der Waals surface area contributed by atoms with Crippen molar-refractivity contribution in [3.63, 3.8) is 0 Å². The minimum atomic E-state index is 0.756. The van der Waals surface area contributed by atoms with Gasteiger partial charge in [0, 0.05) is 5.57 Å². The molecule has 0 heterocycles. The van der Waals surface area contributed by atoms with Gasteiger partial charge in [0.15, 0.2) is 12.4 Å². The first kappa shape index (κ1) is 21.7. The standard InChI is InChI=1S/C10H11NO.3C2H6/c1-2-8-11(12)9-10-6-4-3-5-7-10;3*1-2/h2-6,8-9H,1,7H2;3*1-2H3/b10-9?,11-8+;;;. The predicted molar refractivity (Wildman–Crippen MR) is 84.9 cm³/mol. The third-order valence-corrected chi connectivity index (χ3v) is 1.46. The summed E-state index contributed by atoms with van der Waals surface area (Å²) in [6.45, 7) is 15.4. The molecule has 0 aliphatic heterocycles. The summed E-state index contributed by atoms with van der Waals surface area (Å²) in [6, 6.07) is 0. The van der Waals surface area contributed by atoms with E-state index >= 15 is 0 Å². The van der Waals surface area contributed by atoms with Crippen LogP contribution in [0.25, 0.3) is 0 Å². The van der Waals surface area contributed by atoms with E-state index in [0.717, 1.165) is 16.7 Å². The van der Waals surface area contributed by atoms with E-state index in [4.69, 9.17) is 0 Å². The zero-order valence-electron chi connectivity index (χ0n) is 12.8. The van der Waals surface area contributed by atoms with Crippen molar-refractivity contribution < 1.29 is 4.74 Å². The summed E-state index contributed by atoms with van der Waals surface area (Å²) in [6.07, 6.45) is 13.0. The second-order valence-corrected chi connectivity index (χ2v) is 2.44. The van der Waals surface area contributed by atoms with Crippen molar-refractivity contribution in [3.05, 3.63) is 53.9 Å². The quantitative estimate of drug-likeness (QED) is 0.285. The molecule has 0 aromatic heterocycles. The molecule has 1 aliphatic rings. The van der Waals surface area contributed by atoms with Crippen molar-refractivity contribution in [3.8, 4) is 0 Å². The Labute approximate surface area is 113 Å². The summed E-state index contributed by atoms with van der Waals surface area (Å²) in [5.74, 6) is 0. The first-order valence-corrected chi connectivity index (χ1v) is 6.78. The van der Waals surface area contributed by atoms with E-state index in [2.05, 4.69) is 6.58 Å². The molecule has 0 saturated carbocycles. The maximum Gasteiger partial charge on any atom is 0.183 e. The average molecular weight is 251 g/mol. The van der Waals surface area contributed by atoms with E-state index in [9.17, 15) is 5.21 Å². The van der Waals surface area contributed by atoms with Gasteiger partial charge < -0.3 is 5.21 Å². The Kier molecular flexibility index (Phi) is 25.1. The summed E-state index contributed by atoms with van der Waals surface area (Å²) in [5.41, 5.74) is 1.01. The first-order valence-electron chi connectivity index (χ1n) is 6.78. The summed E-state index contributed by atoms with van der Waals surface area (Å²) >= 11 is 0. The van der Waals surface area contributed by atoms with Crippen LogP contribution in [0.2, 0.25) is 0 Å². The van der Waals surface area contributed by atoms with Crippen LogP contribution in [0.5, 0.6) is 0 Å². The van der Waals surface area contributed by atoms with Crippen LogP contribution >= 0.6 is 0 Å². The Morgan fingerprint density at radius 3 is 2.06 bits per heavy atom. The van der Waals surface area contributed by atoms with Gasteiger partial charge in [-0.3, -0.25) is 0 Å². The molecule has 2 heteroatoms. The fourth-order valence-corrected chi connectivity index (χ4v) is 0.936. The second kappa shape index (κ2) is 20.8. The first-order chi connectivity index (χ1) is 8.83. The van der Waals surface area contributed by atoms with Crippen LogP contribution in [-0.2, 0) is 0 Å². The summed E-state index contributed by atoms with van der Waals surface area (Å²) in [5, 5.41) is 11.0. The number of hydroxylamine groups is 1. The van der Waals surface area contributed by atoms with Gasteiger partial charge in [0.05, 0.1) is 0 Å². The van der Waals surface area contributed by atoms with Crippen LogP contribution in [0, 0.1) is 5.21 Å². The van der Waals surface area contributed by atoms with Crippen LogP contribution < -0.4 is 0 Å². The molecule has 0 amide bonds. The highest BCUT2D eigenvalue weighted by molar-refractivity contribution is 5.65. The predicted octanol–water partition coefficient (Wildman–Crippen LogP) is 5.23. The van der Waals surface area contributed by atoms with Gasteiger partial charge in [-0.1, -0.05) is 72.4 Å². The highest BCUT2D eigenvalue weighted by Crippen LogP contribution is 2.08. The van der Waals surface area contributed by atoms with Crippen LogP contribution in [0.1, 0.15) is 48.0 Å².